The van der Waals surface area contributed by atoms with E-state index in [-0.39, 0.29) is 17.2 Å². The van der Waals surface area contributed by atoms with E-state index in [4.69, 9.17) is 0 Å². The first-order valence-corrected chi connectivity index (χ1v) is 12.2. The Morgan fingerprint density at radius 2 is 1.50 bits per heavy atom. The lowest BCUT2D eigenvalue weighted by atomic mass is 10.1. The van der Waals surface area contributed by atoms with Gasteiger partial charge in [0.05, 0.1) is 5.69 Å². The Hall–Kier alpha value is -4.23. The SMILES string of the molecule is O=C(CCN1CCN(c2ccccc2)CC1)Nc1cc(-c2ccccn2)cn(-c2ccccc2)c1=O. The number of nitrogens with zero attached hydrogens (tertiary/aromatic N) is 4. The molecular weight excluding hydrogens is 450 g/mol. The Morgan fingerprint density at radius 1 is 0.833 bits per heavy atom. The second-order valence-corrected chi connectivity index (χ2v) is 8.83. The smallest absolute Gasteiger partial charge is 0.278 e. The molecule has 3 heterocycles. The third-order valence-electron chi connectivity index (χ3n) is 6.44. The number of benzene rings is 2. The number of hydrogen-bond donors (Lipinski definition) is 1. The van der Waals surface area contributed by atoms with Gasteiger partial charge < -0.3 is 10.2 Å². The van der Waals surface area contributed by atoms with Crippen molar-refractivity contribution in [1.29, 1.82) is 0 Å². The summed E-state index contributed by atoms with van der Waals surface area (Å²) in [6.45, 7) is 4.32. The fraction of sp³-hybridized carbons (Fsp3) is 0.207. The number of anilines is 2. The van der Waals surface area contributed by atoms with Gasteiger partial charge in [-0.3, -0.25) is 24.0 Å². The van der Waals surface area contributed by atoms with E-state index in [2.05, 4.69) is 44.4 Å². The number of hydrogen-bond acceptors (Lipinski definition) is 5. The third kappa shape index (κ3) is 5.53. The summed E-state index contributed by atoms with van der Waals surface area (Å²) in [5, 5.41) is 2.87. The molecule has 4 aromatic rings. The standard InChI is InChI=1S/C29H29N5O2/c35-28(14-16-32-17-19-33(20-18-32)24-9-3-1-4-10-24)31-27-21-23(26-13-7-8-15-30-26)22-34(29(27)36)25-11-5-2-6-12-25/h1-13,15,21-22H,14,16-20H2,(H,31,35). The van der Waals surface area contributed by atoms with E-state index in [0.717, 1.165) is 43.1 Å². The number of piperazine rings is 1. The molecule has 1 aliphatic rings. The van der Waals surface area contributed by atoms with Gasteiger partial charge in [-0.1, -0.05) is 42.5 Å². The minimum Gasteiger partial charge on any atom is -0.369 e. The lowest BCUT2D eigenvalue weighted by Crippen LogP contribution is -2.47. The fourth-order valence-electron chi connectivity index (χ4n) is 4.47. The van der Waals surface area contributed by atoms with Crippen molar-refractivity contribution < 1.29 is 4.79 Å². The summed E-state index contributed by atoms with van der Waals surface area (Å²) in [6.07, 6.45) is 3.80. The average Bonchev–Trinajstić information content (AvgIpc) is 2.95. The molecule has 0 unspecified atom stereocenters. The molecule has 1 fully saturated rings. The Balaban J connectivity index is 1.27. The van der Waals surface area contributed by atoms with Crippen LogP contribution in [0, 0.1) is 0 Å². The van der Waals surface area contributed by atoms with Gasteiger partial charge >= 0.3 is 0 Å². The van der Waals surface area contributed by atoms with Gasteiger partial charge in [0, 0.05) is 68.5 Å². The molecule has 5 rings (SSSR count). The van der Waals surface area contributed by atoms with Crippen LogP contribution in [-0.4, -0.2) is 53.1 Å². The molecule has 0 aliphatic carbocycles. The first kappa shape index (κ1) is 23.5. The van der Waals surface area contributed by atoms with Crippen molar-refractivity contribution in [3.63, 3.8) is 0 Å². The van der Waals surface area contributed by atoms with Crippen molar-refractivity contribution in [3.05, 3.63) is 108 Å². The molecule has 2 aromatic heterocycles. The van der Waals surface area contributed by atoms with E-state index in [1.165, 1.54) is 5.69 Å². The molecule has 0 radical (unpaired) electrons. The van der Waals surface area contributed by atoms with Crippen LogP contribution in [0.1, 0.15) is 6.42 Å². The number of pyridine rings is 2. The molecule has 0 atom stereocenters. The quantitative estimate of drug-likeness (QED) is 0.433. The Morgan fingerprint density at radius 3 is 2.17 bits per heavy atom. The van der Waals surface area contributed by atoms with Gasteiger partial charge in [0.2, 0.25) is 5.91 Å². The van der Waals surface area contributed by atoms with Gasteiger partial charge in [-0.15, -0.1) is 0 Å². The largest absolute Gasteiger partial charge is 0.369 e. The van der Waals surface area contributed by atoms with Gasteiger partial charge in [0.1, 0.15) is 5.69 Å². The zero-order valence-electron chi connectivity index (χ0n) is 20.1. The summed E-state index contributed by atoms with van der Waals surface area (Å²) in [7, 11) is 0. The minimum atomic E-state index is -0.272. The van der Waals surface area contributed by atoms with Crippen LogP contribution in [0.25, 0.3) is 16.9 Å². The Labute approximate surface area is 210 Å². The maximum atomic E-state index is 13.3. The molecule has 7 heteroatoms. The molecule has 1 aliphatic heterocycles. The molecule has 0 spiro atoms. The average molecular weight is 480 g/mol. The topological polar surface area (TPSA) is 70.5 Å². The van der Waals surface area contributed by atoms with Crippen molar-refractivity contribution in [2.24, 2.45) is 0 Å². The monoisotopic (exact) mass is 479 g/mol. The van der Waals surface area contributed by atoms with Crippen molar-refractivity contribution in [2.75, 3.05) is 42.9 Å². The van der Waals surface area contributed by atoms with Crippen molar-refractivity contribution in [3.8, 4) is 16.9 Å². The third-order valence-corrected chi connectivity index (χ3v) is 6.44. The van der Waals surface area contributed by atoms with Gasteiger partial charge in [-0.2, -0.15) is 0 Å². The fourth-order valence-corrected chi connectivity index (χ4v) is 4.47. The van der Waals surface area contributed by atoms with Gasteiger partial charge in [-0.05, 0) is 42.5 Å². The second kappa shape index (κ2) is 11.0. The molecule has 1 saturated heterocycles. The lowest BCUT2D eigenvalue weighted by Gasteiger charge is -2.36. The minimum absolute atomic E-state index is 0.171. The molecule has 182 valence electrons. The lowest BCUT2D eigenvalue weighted by molar-refractivity contribution is -0.116. The van der Waals surface area contributed by atoms with Crippen LogP contribution in [0.2, 0.25) is 0 Å². The van der Waals surface area contributed by atoms with E-state index < -0.39 is 0 Å². The molecular formula is C29H29N5O2. The number of para-hydroxylation sites is 2. The predicted molar refractivity (Wildman–Crippen MR) is 144 cm³/mol. The normalized spacial score (nSPS) is 13.9. The van der Waals surface area contributed by atoms with Gasteiger partial charge in [0.25, 0.3) is 5.56 Å². The number of rotatable bonds is 7. The number of amides is 1. The van der Waals surface area contributed by atoms with Crippen LogP contribution in [0.3, 0.4) is 0 Å². The summed E-state index contributed by atoms with van der Waals surface area (Å²) >= 11 is 0. The van der Waals surface area contributed by atoms with E-state index in [1.54, 1.807) is 23.0 Å². The molecule has 2 aromatic carbocycles. The van der Waals surface area contributed by atoms with Crippen molar-refractivity contribution >= 4 is 17.3 Å². The van der Waals surface area contributed by atoms with E-state index in [1.807, 2.05) is 54.6 Å². The highest BCUT2D eigenvalue weighted by atomic mass is 16.2. The summed E-state index contributed by atoms with van der Waals surface area (Å²) in [5.74, 6) is -0.171. The molecule has 0 saturated carbocycles. The summed E-state index contributed by atoms with van der Waals surface area (Å²) < 4.78 is 1.56. The maximum Gasteiger partial charge on any atom is 0.278 e. The summed E-state index contributed by atoms with van der Waals surface area (Å²) in [5.41, 5.74) is 3.43. The Kier molecular flexibility index (Phi) is 7.19. The van der Waals surface area contributed by atoms with Crippen LogP contribution < -0.4 is 15.8 Å². The summed E-state index contributed by atoms with van der Waals surface area (Å²) in [4.78, 5) is 35.2. The number of carbonyl (C=O) groups is 1. The molecule has 1 amide bonds. The zero-order chi connectivity index (χ0) is 24.7. The van der Waals surface area contributed by atoms with Crippen LogP contribution in [0.15, 0.2) is 102 Å². The van der Waals surface area contributed by atoms with E-state index in [0.29, 0.717) is 13.0 Å². The zero-order valence-corrected chi connectivity index (χ0v) is 20.1. The molecule has 1 N–H and O–H groups in total. The molecule has 36 heavy (non-hydrogen) atoms. The number of carbonyl (C=O) groups excluding carboxylic acids is 1. The van der Waals surface area contributed by atoms with Crippen molar-refractivity contribution in [1.82, 2.24) is 14.5 Å². The summed E-state index contributed by atoms with van der Waals surface area (Å²) in [6, 6.07) is 27.1. The van der Waals surface area contributed by atoms with Crippen LogP contribution in [0.5, 0.6) is 0 Å². The number of aromatic nitrogens is 2. The van der Waals surface area contributed by atoms with Gasteiger partial charge in [0.15, 0.2) is 0 Å². The highest BCUT2D eigenvalue weighted by Gasteiger charge is 2.18. The number of nitrogens with one attached hydrogen (secondary N) is 1. The molecule has 7 nitrogen and oxygen atoms in total. The Bertz CT molecular complexity index is 1350. The van der Waals surface area contributed by atoms with E-state index >= 15 is 0 Å². The second-order valence-electron chi connectivity index (χ2n) is 8.83. The first-order chi connectivity index (χ1) is 17.7. The highest BCUT2D eigenvalue weighted by molar-refractivity contribution is 5.91. The van der Waals surface area contributed by atoms with Gasteiger partial charge in [-0.25, -0.2) is 0 Å². The predicted octanol–water partition coefficient (Wildman–Crippen LogP) is 4.05. The molecule has 0 bridgehead atoms. The van der Waals surface area contributed by atoms with Crippen LogP contribution in [-0.2, 0) is 4.79 Å². The van der Waals surface area contributed by atoms with E-state index in [9.17, 15) is 9.59 Å². The van der Waals surface area contributed by atoms with Crippen LogP contribution >= 0.6 is 0 Å². The maximum absolute atomic E-state index is 13.3. The van der Waals surface area contributed by atoms with Crippen molar-refractivity contribution in [2.45, 2.75) is 6.42 Å². The highest BCUT2D eigenvalue weighted by Crippen LogP contribution is 2.20. The van der Waals surface area contributed by atoms with Crippen LogP contribution in [0.4, 0.5) is 11.4 Å². The first-order valence-electron chi connectivity index (χ1n) is 12.2.